The van der Waals surface area contributed by atoms with Crippen molar-refractivity contribution in [2.75, 3.05) is 32.2 Å². The van der Waals surface area contributed by atoms with Crippen LogP contribution in [0.5, 0.6) is 11.5 Å². The number of thiocarbonyl (C=S) groups is 1. The second-order valence-electron chi connectivity index (χ2n) is 6.61. The second kappa shape index (κ2) is 10.1. The summed E-state index contributed by atoms with van der Waals surface area (Å²) < 4.78 is 10.7. The Balaban J connectivity index is 1.82. The third-order valence-electron chi connectivity index (χ3n) is 4.56. The number of ether oxygens (including phenoxy) is 2. The summed E-state index contributed by atoms with van der Waals surface area (Å²) in [6.07, 6.45) is 0. The molecule has 0 unspecified atom stereocenters. The molecule has 0 aliphatic rings. The van der Waals surface area contributed by atoms with E-state index in [-0.39, 0.29) is 18.7 Å². The molecule has 1 heterocycles. The molecule has 0 atom stereocenters. The van der Waals surface area contributed by atoms with Crippen LogP contribution < -0.4 is 20.3 Å². The first kappa shape index (κ1) is 21.6. The lowest BCUT2D eigenvalue weighted by Gasteiger charge is -2.25. The molecule has 0 saturated heterocycles. The topological polar surface area (TPSA) is 86.8 Å². The van der Waals surface area contributed by atoms with Gasteiger partial charge < -0.3 is 29.8 Å². The van der Waals surface area contributed by atoms with Crippen molar-refractivity contribution in [2.45, 2.75) is 13.5 Å². The van der Waals surface area contributed by atoms with Crippen LogP contribution in [0.25, 0.3) is 10.9 Å². The number of anilines is 1. The van der Waals surface area contributed by atoms with Gasteiger partial charge in [0.25, 0.3) is 5.56 Å². The Hall–Kier alpha value is -3.10. The maximum Gasteiger partial charge on any atom is 0.253 e. The predicted octanol–water partition coefficient (Wildman–Crippen LogP) is 3.13. The van der Waals surface area contributed by atoms with Crippen molar-refractivity contribution < 1.29 is 14.6 Å². The van der Waals surface area contributed by atoms with Crippen LogP contribution in [0.3, 0.4) is 0 Å². The third kappa shape index (κ3) is 5.28. The minimum absolute atomic E-state index is 0.0929. The Bertz CT molecular complexity index is 1070. The van der Waals surface area contributed by atoms with E-state index in [0.29, 0.717) is 23.8 Å². The van der Waals surface area contributed by atoms with E-state index in [1.165, 1.54) is 0 Å². The zero-order chi connectivity index (χ0) is 21.5. The molecule has 1 aromatic heterocycles. The Morgan fingerprint density at radius 2 is 1.90 bits per heavy atom. The lowest BCUT2D eigenvalue weighted by Crippen LogP contribution is -2.37. The highest BCUT2D eigenvalue weighted by molar-refractivity contribution is 7.80. The van der Waals surface area contributed by atoms with Gasteiger partial charge in [0.15, 0.2) is 5.11 Å². The van der Waals surface area contributed by atoms with Crippen LogP contribution in [-0.2, 0) is 6.54 Å². The van der Waals surface area contributed by atoms with E-state index in [1.807, 2.05) is 55.5 Å². The largest absolute Gasteiger partial charge is 0.497 e. The molecular weight excluding hydrogens is 402 g/mol. The summed E-state index contributed by atoms with van der Waals surface area (Å²) in [7, 11) is 1.61. The van der Waals surface area contributed by atoms with E-state index in [1.54, 1.807) is 12.0 Å². The smallest absolute Gasteiger partial charge is 0.253 e. The van der Waals surface area contributed by atoms with E-state index in [9.17, 15) is 9.90 Å². The number of hydrogen-bond donors (Lipinski definition) is 3. The van der Waals surface area contributed by atoms with E-state index < -0.39 is 0 Å². The van der Waals surface area contributed by atoms with Gasteiger partial charge in [-0.2, -0.15) is 0 Å². The van der Waals surface area contributed by atoms with Crippen LogP contribution in [0.1, 0.15) is 12.5 Å². The molecule has 158 valence electrons. The molecule has 0 aliphatic heterocycles. The molecule has 3 aromatic rings. The number of H-pyrrole nitrogens is 1. The summed E-state index contributed by atoms with van der Waals surface area (Å²) in [5, 5.41) is 13.9. The number of pyridine rings is 1. The van der Waals surface area contributed by atoms with Gasteiger partial charge in [-0.3, -0.25) is 4.79 Å². The number of aliphatic hydroxyl groups is 1. The van der Waals surface area contributed by atoms with Crippen LogP contribution >= 0.6 is 12.2 Å². The maximum atomic E-state index is 12.6. The molecule has 0 aliphatic carbocycles. The molecule has 3 N–H and O–H groups in total. The highest BCUT2D eigenvalue weighted by Crippen LogP contribution is 2.20. The number of aromatic nitrogens is 1. The number of aromatic amines is 1. The summed E-state index contributed by atoms with van der Waals surface area (Å²) in [6, 6.07) is 14.7. The number of benzene rings is 2. The number of nitrogens with zero attached hydrogens (tertiary/aromatic N) is 1. The molecule has 8 heteroatoms. The minimum atomic E-state index is -0.193. The first-order valence-corrected chi connectivity index (χ1v) is 10.0. The molecule has 0 spiro atoms. The maximum absolute atomic E-state index is 12.6. The number of fused-ring (bicyclic) bond motifs is 1. The Kier molecular flexibility index (Phi) is 7.26. The summed E-state index contributed by atoms with van der Waals surface area (Å²) >= 11 is 5.52. The summed E-state index contributed by atoms with van der Waals surface area (Å²) in [6.45, 7) is 2.94. The van der Waals surface area contributed by atoms with Crippen molar-refractivity contribution in [1.82, 2.24) is 9.88 Å². The standard InChI is InChI=1S/C22H25N3O4S/c1-3-29-19-8-9-20-15(13-19)12-16(21(27)24-20)14-25(10-11-26)22(30)23-17-4-6-18(28-2)7-5-17/h4-9,12-13,26H,3,10-11,14H2,1-2H3,(H,23,30)(H,24,27). The zero-order valence-corrected chi connectivity index (χ0v) is 17.8. The SMILES string of the molecule is CCOc1ccc2[nH]c(=O)c(CN(CCO)C(=S)Nc3ccc(OC)cc3)cc2c1. The number of hydrogen-bond acceptors (Lipinski definition) is 5. The van der Waals surface area contributed by atoms with E-state index >= 15 is 0 Å². The summed E-state index contributed by atoms with van der Waals surface area (Å²) in [5.41, 5.74) is 1.88. The molecule has 7 nitrogen and oxygen atoms in total. The van der Waals surface area contributed by atoms with Gasteiger partial charge in [0.1, 0.15) is 11.5 Å². The Morgan fingerprint density at radius 3 is 2.57 bits per heavy atom. The van der Waals surface area contributed by atoms with Gasteiger partial charge in [0, 0.05) is 28.7 Å². The Morgan fingerprint density at radius 1 is 1.17 bits per heavy atom. The first-order chi connectivity index (χ1) is 14.5. The van der Waals surface area contributed by atoms with Gasteiger partial charge in [-0.05, 0) is 67.7 Å². The van der Waals surface area contributed by atoms with Crippen molar-refractivity contribution in [3.63, 3.8) is 0 Å². The molecular formula is C22H25N3O4S. The van der Waals surface area contributed by atoms with E-state index in [2.05, 4.69) is 10.3 Å². The third-order valence-corrected chi connectivity index (χ3v) is 4.92. The molecule has 0 amide bonds. The van der Waals surface area contributed by atoms with Crippen LogP contribution in [0, 0.1) is 0 Å². The quantitative estimate of drug-likeness (QED) is 0.476. The Labute approximate surface area is 180 Å². The van der Waals surface area contributed by atoms with Crippen molar-refractivity contribution >= 4 is 33.9 Å². The zero-order valence-electron chi connectivity index (χ0n) is 17.0. The molecule has 0 bridgehead atoms. The van der Waals surface area contributed by atoms with Gasteiger partial charge in [-0.1, -0.05) is 0 Å². The fraction of sp³-hybridized carbons (Fsp3) is 0.273. The van der Waals surface area contributed by atoms with Crippen molar-refractivity contribution in [1.29, 1.82) is 0 Å². The number of methoxy groups -OCH3 is 1. The van der Waals surface area contributed by atoms with Gasteiger partial charge in [-0.25, -0.2) is 0 Å². The second-order valence-corrected chi connectivity index (χ2v) is 7.00. The van der Waals surface area contributed by atoms with Crippen molar-refractivity contribution in [3.8, 4) is 11.5 Å². The molecule has 3 rings (SSSR count). The fourth-order valence-electron chi connectivity index (χ4n) is 3.06. The number of aliphatic hydroxyl groups excluding tert-OH is 1. The monoisotopic (exact) mass is 427 g/mol. The van der Waals surface area contributed by atoms with Gasteiger partial charge in [-0.15, -0.1) is 0 Å². The van der Waals surface area contributed by atoms with E-state index in [0.717, 1.165) is 28.1 Å². The lowest BCUT2D eigenvalue weighted by molar-refractivity contribution is 0.248. The summed E-state index contributed by atoms with van der Waals surface area (Å²) in [4.78, 5) is 17.2. The van der Waals surface area contributed by atoms with Crippen molar-refractivity contribution in [2.24, 2.45) is 0 Å². The molecule has 0 saturated carbocycles. The molecule has 2 aromatic carbocycles. The highest BCUT2D eigenvalue weighted by atomic mass is 32.1. The lowest BCUT2D eigenvalue weighted by atomic mass is 10.1. The predicted molar refractivity (Wildman–Crippen MR) is 122 cm³/mol. The van der Waals surface area contributed by atoms with Gasteiger partial charge in [0.2, 0.25) is 0 Å². The van der Waals surface area contributed by atoms with E-state index in [4.69, 9.17) is 21.7 Å². The van der Waals surface area contributed by atoms with Crippen molar-refractivity contribution in [3.05, 3.63) is 64.4 Å². The number of rotatable bonds is 8. The van der Waals surface area contributed by atoms with Crippen LogP contribution in [-0.4, -0.2) is 47.0 Å². The molecule has 0 radical (unpaired) electrons. The average Bonchev–Trinajstić information content (AvgIpc) is 2.74. The first-order valence-electron chi connectivity index (χ1n) is 9.63. The molecule has 30 heavy (non-hydrogen) atoms. The van der Waals surface area contributed by atoms with Gasteiger partial charge >= 0.3 is 0 Å². The van der Waals surface area contributed by atoms with Crippen LogP contribution in [0.4, 0.5) is 5.69 Å². The fourth-order valence-corrected chi connectivity index (χ4v) is 3.33. The highest BCUT2D eigenvalue weighted by Gasteiger charge is 2.14. The van der Waals surface area contributed by atoms with Crippen LogP contribution in [0.2, 0.25) is 0 Å². The van der Waals surface area contributed by atoms with Gasteiger partial charge in [0.05, 0.1) is 26.9 Å². The normalized spacial score (nSPS) is 10.6. The summed E-state index contributed by atoms with van der Waals surface area (Å²) in [5.74, 6) is 1.49. The average molecular weight is 428 g/mol. The van der Waals surface area contributed by atoms with Crippen LogP contribution in [0.15, 0.2) is 53.3 Å². The number of nitrogens with one attached hydrogen (secondary N) is 2. The minimum Gasteiger partial charge on any atom is -0.497 e. The molecule has 0 fully saturated rings.